The maximum absolute atomic E-state index is 11.6. The molecular formula is C15H22N2O2. The molecule has 0 bridgehead atoms. The van der Waals surface area contributed by atoms with Crippen LogP contribution in [0.25, 0.3) is 0 Å². The largest absolute Gasteiger partial charge is 0.444 e. The summed E-state index contributed by atoms with van der Waals surface area (Å²) in [7, 11) is 0. The first kappa shape index (κ1) is 13.7. The van der Waals surface area contributed by atoms with Crippen molar-refractivity contribution in [2.24, 2.45) is 5.92 Å². The van der Waals surface area contributed by atoms with Crippen molar-refractivity contribution in [2.45, 2.75) is 32.8 Å². The van der Waals surface area contributed by atoms with E-state index in [1.807, 2.05) is 32.9 Å². The standard InChI is InChI=1S/C15H22N2O2/c1-15(2,3)19-14(18)17-10-11-8-12-6-4-5-7-13(12)16-9-11/h4-7,11,16H,8-10H2,1-3H3,(H,17,18)/t11-/m0/s1. The molecule has 0 saturated carbocycles. The lowest BCUT2D eigenvalue weighted by atomic mass is 9.94. The van der Waals surface area contributed by atoms with Gasteiger partial charge in [-0.15, -0.1) is 0 Å². The van der Waals surface area contributed by atoms with Crippen LogP contribution in [-0.4, -0.2) is 24.8 Å². The topological polar surface area (TPSA) is 50.4 Å². The zero-order valence-corrected chi connectivity index (χ0v) is 11.8. The summed E-state index contributed by atoms with van der Waals surface area (Å²) < 4.78 is 5.23. The molecular weight excluding hydrogens is 240 g/mol. The van der Waals surface area contributed by atoms with Crippen LogP contribution in [0, 0.1) is 5.92 Å². The Balaban J connectivity index is 1.81. The van der Waals surface area contributed by atoms with Crippen molar-refractivity contribution in [1.29, 1.82) is 0 Å². The lowest BCUT2D eigenvalue weighted by Crippen LogP contribution is -2.38. The number of nitrogens with one attached hydrogen (secondary N) is 2. The number of benzene rings is 1. The van der Waals surface area contributed by atoms with Gasteiger partial charge in [0.15, 0.2) is 0 Å². The van der Waals surface area contributed by atoms with E-state index in [1.165, 1.54) is 11.3 Å². The molecule has 1 aliphatic heterocycles. The molecule has 1 heterocycles. The number of carbonyl (C=O) groups excluding carboxylic acids is 1. The minimum absolute atomic E-state index is 0.341. The summed E-state index contributed by atoms with van der Waals surface area (Å²) >= 11 is 0. The van der Waals surface area contributed by atoms with Crippen LogP contribution in [0.15, 0.2) is 24.3 Å². The van der Waals surface area contributed by atoms with Gasteiger partial charge in [-0.05, 0) is 44.7 Å². The number of para-hydroxylation sites is 1. The van der Waals surface area contributed by atoms with Gasteiger partial charge in [0.1, 0.15) is 5.60 Å². The van der Waals surface area contributed by atoms with Crippen molar-refractivity contribution in [1.82, 2.24) is 5.32 Å². The first-order valence-electron chi connectivity index (χ1n) is 6.73. The lowest BCUT2D eigenvalue weighted by Gasteiger charge is -2.27. The quantitative estimate of drug-likeness (QED) is 0.861. The molecule has 2 rings (SSSR count). The highest BCUT2D eigenvalue weighted by Crippen LogP contribution is 2.23. The second-order valence-corrected chi connectivity index (χ2v) is 5.99. The molecule has 0 spiro atoms. The number of hydrogen-bond acceptors (Lipinski definition) is 3. The fourth-order valence-electron chi connectivity index (χ4n) is 2.19. The molecule has 4 heteroatoms. The highest BCUT2D eigenvalue weighted by molar-refractivity contribution is 5.67. The molecule has 2 N–H and O–H groups in total. The summed E-state index contributed by atoms with van der Waals surface area (Å²) in [4.78, 5) is 11.6. The van der Waals surface area contributed by atoms with E-state index in [-0.39, 0.29) is 6.09 Å². The van der Waals surface area contributed by atoms with E-state index in [9.17, 15) is 4.79 Å². The summed E-state index contributed by atoms with van der Waals surface area (Å²) in [6.07, 6.45) is 0.644. The summed E-state index contributed by atoms with van der Waals surface area (Å²) in [6.45, 7) is 7.12. The molecule has 0 saturated heterocycles. The summed E-state index contributed by atoms with van der Waals surface area (Å²) in [5.41, 5.74) is 2.07. The highest BCUT2D eigenvalue weighted by Gasteiger charge is 2.20. The van der Waals surface area contributed by atoms with Crippen LogP contribution in [0.1, 0.15) is 26.3 Å². The molecule has 1 aromatic carbocycles. The smallest absolute Gasteiger partial charge is 0.407 e. The van der Waals surface area contributed by atoms with E-state index in [0.717, 1.165) is 13.0 Å². The molecule has 0 fully saturated rings. The number of carbonyl (C=O) groups is 1. The van der Waals surface area contributed by atoms with E-state index < -0.39 is 5.60 Å². The molecule has 0 radical (unpaired) electrons. The zero-order chi connectivity index (χ0) is 13.9. The van der Waals surface area contributed by atoms with Crippen molar-refractivity contribution in [2.75, 3.05) is 18.4 Å². The minimum Gasteiger partial charge on any atom is -0.444 e. The Bertz CT molecular complexity index is 452. The van der Waals surface area contributed by atoms with Crippen molar-refractivity contribution >= 4 is 11.8 Å². The maximum Gasteiger partial charge on any atom is 0.407 e. The molecule has 1 aromatic rings. The predicted molar refractivity (Wildman–Crippen MR) is 76.4 cm³/mol. The number of anilines is 1. The average molecular weight is 262 g/mol. The molecule has 19 heavy (non-hydrogen) atoms. The molecule has 0 aromatic heterocycles. The number of rotatable bonds is 2. The number of hydrogen-bond donors (Lipinski definition) is 2. The van der Waals surface area contributed by atoms with Crippen molar-refractivity contribution in [3.05, 3.63) is 29.8 Å². The van der Waals surface area contributed by atoms with Gasteiger partial charge in [-0.1, -0.05) is 18.2 Å². The Morgan fingerprint density at radius 2 is 2.16 bits per heavy atom. The predicted octanol–water partition coefficient (Wildman–Crippen LogP) is 2.80. The Kier molecular flexibility index (Phi) is 3.98. The first-order valence-corrected chi connectivity index (χ1v) is 6.73. The lowest BCUT2D eigenvalue weighted by molar-refractivity contribution is 0.0520. The first-order chi connectivity index (χ1) is 8.94. The van der Waals surface area contributed by atoms with Gasteiger partial charge in [0.25, 0.3) is 0 Å². The SMILES string of the molecule is CC(C)(C)OC(=O)NC[C@@H]1CNc2ccccc2C1. The van der Waals surface area contributed by atoms with Crippen LogP contribution in [0.5, 0.6) is 0 Å². The summed E-state index contributed by atoms with van der Waals surface area (Å²) in [6, 6.07) is 8.30. The average Bonchev–Trinajstić information content (AvgIpc) is 2.34. The van der Waals surface area contributed by atoms with Crippen LogP contribution in [-0.2, 0) is 11.2 Å². The molecule has 0 unspecified atom stereocenters. The number of ether oxygens (including phenoxy) is 1. The van der Waals surface area contributed by atoms with Crippen molar-refractivity contribution in [3.63, 3.8) is 0 Å². The van der Waals surface area contributed by atoms with E-state index >= 15 is 0 Å². The molecule has 1 amide bonds. The third-order valence-corrected chi connectivity index (χ3v) is 3.04. The van der Waals surface area contributed by atoms with Crippen LogP contribution in [0.3, 0.4) is 0 Å². The normalized spacial score (nSPS) is 18.2. The third kappa shape index (κ3) is 4.16. The van der Waals surface area contributed by atoms with Gasteiger partial charge >= 0.3 is 6.09 Å². The number of alkyl carbamates (subject to hydrolysis) is 1. The van der Waals surface area contributed by atoms with Crippen LogP contribution in [0.2, 0.25) is 0 Å². The van der Waals surface area contributed by atoms with Crippen LogP contribution in [0.4, 0.5) is 10.5 Å². The van der Waals surface area contributed by atoms with Gasteiger partial charge in [0, 0.05) is 18.8 Å². The second-order valence-electron chi connectivity index (χ2n) is 5.99. The van der Waals surface area contributed by atoms with Crippen molar-refractivity contribution in [3.8, 4) is 0 Å². The van der Waals surface area contributed by atoms with Crippen molar-refractivity contribution < 1.29 is 9.53 Å². The van der Waals surface area contributed by atoms with Gasteiger partial charge in [0.2, 0.25) is 0 Å². The Hall–Kier alpha value is -1.71. The van der Waals surface area contributed by atoms with Crippen LogP contribution >= 0.6 is 0 Å². The second kappa shape index (κ2) is 5.51. The van der Waals surface area contributed by atoms with Gasteiger partial charge in [0.05, 0.1) is 0 Å². The fourth-order valence-corrected chi connectivity index (χ4v) is 2.19. The maximum atomic E-state index is 11.6. The Morgan fingerprint density at radius 3 is 2.89 bits per heavy atom. The fraction of sp³-hybridized carbons (Fsp3) is 0.533. The van der Waals surface area contributed by atoms with Gasteiger partial charge in [-0.25, -0.2) is 4.79 Å². The third-order valence-electron chi connectivity index (χ3n) is 3.04. The Morgan fingerprint density at radius 1 is 1.42 bits per heavy atom. The van der Waals surface area contributed by atoms with E-state index in [1.54, 1.807) is 0 Å². The zero-order valence-electron chi connectivity index (χ0n) is 11.8. The monoisotopic (exact) mass is 262 g/mol. The van der Waals surface area contributed by atoms with E-state index in [0.29, 0.717) is 12.5 Å². The van der Waals surface area contributed by atoms with Gasteiger partial charge < -0.3 is 15.4 Å². The van der Waals surface area contributed by atoms with E-state index in [2.05, 4.69) is 22.8 Å². The molecule has 4 nitrogen and oxygen atoms in total. The summed E-state index contributed by atoms with van der Waals surface area (Å²) in [5, 5.41) is 6.23. The van der Waals surface area contributed by atoms with E-state index in [4.69, 9.17) is 4.74 Å². The Labute approximate surface area is 114 Å². The molecule has 1 aliphatic rings. The molecule has 1 atom stereocenters. The number of amides is 1. The molecule has 0 aliphatic carbocycles. The highest BCUT2D eigenvalue weighted by atomic mass is 16.6. The minimum atomic E-state index is -0.443. The number of fused-ring (bicyclic) bond motifs is 1. The molecule has 104 valence electrons. The van der Waals surface area contributed by atoms with Gasteiger partial charge in [-0.2, -0.15) is 0 Å². The van der Waals surface area contributed by atoms with Gasteiger partial charge in [-0.3, -0.25) is 0 Å². The summed E-state index contributed by atoms with van der Waals surface area (Å²) in [5.74, 6) is 0.405. The van der Waals surface area contributed by atoms with Crippen LogP contribution < -0.4 is 10.6 Å².